The third-order valence-corrected chi connectivity index (χ3v) is 4.81. The SMILES string of the molecule is COc1cc(OC)cc(C(O)CNC(=O)CC2CSCCN2)c1.Cl. The van der Waals surface area contributed by atoms with E-state index in [1.807, 2.05) is 11.8 Å². The van der Waals surface area contributed by atoms with Crippen LogP contribution in [0, 0.1) is 0 Å². The van der Waals surface area contributed by atoms with Gasteiger partial charge in [0.15, 0.2) is 0 Å². The first-order chi connectivity index (χ1) is 11.1. The number of hydrogen-bond donors (Lipinski definition) is 3. The molecule has 1 aromatic rings. The van der Waals surface area contributed by atoms with Crippen molar-refractivity contribution in [3.05, 3.63) is 23.8 Å². The molecule has 1 heterocycles. The number of methoxy groups -OCH3 is 2. The lowest BCUT2D eigenvalue weighted by atomic mass is 10.1. The van der Waals surface area contributed by atoms with E-state index in [9.17, 15) is 9.90 Å². The van der Waals surface area contributed by atoms with Gasteiger partial charge >= 0.3 is 0 Å². The van der Waals surface area contributed by atoms with Gasteiger partial charge < -0.3 is 25.2 Å². The first kappa shape index (κ1) is 20.9. The number of rotatable bonds is 7. The Hall–Kier alpha value is -1.15. The number of thioether (sulfide) groups is 1. The summed E-state index contributed by atoms with van der Waals surface area (Å²) in [7, 11) is 3.11. The van der Waals surface area contributed by atoms with E-state index in [-0.39, 0.29) is 30.9 Å². The molecule has 0 aliphatic carbocycles. The summed E-state index contributed by atoms with van der Waals surface area (Å²) in [5.74, 6) is 3.19. The van der Waals surface area contributed by atoms with Crippen LogP contribution in [0.3, 0.4) is 0 Å². The van der Waals surface area contributed by atoms with Crippen LogP contribution in [-0.2, 0) is 4.79 Å². The highest BCUT2D eigenvalue weighted by Crippen LogP contribution is 2.26. The lowest BCUT2D eigenvalue weighted by Gasteiger charge is -2.23. The quantitative estimate of drug-likeness (QED) is 0.667. The number of hydrogen-bond acceptors (Lipinski definition) is 6. The summed E-state index contributed by atoms with van der Waals surface area (Å²) in [5, 5.41) is 16.4. The van der Waals surface area contributed by atoms with Gasteiger partial charge in [0.1, 0.15) is 11.5 Å². The predicted octanol–water partition coefficient (Wildman–Crippen LogP) is 1.37. The topological polar surface area (TPSA) is 79.8 Å². The summed E-state index contributed by atoms with van der Waals surface area (Å²) in [6.07, 6.45) is -0.377. The van der Waals surface area contributed by atoms with Gasteiger partial charge in [0.05, 0.1) is 20.3 Å². The summed E-state index contributed by atoms with van der Waals surface area (Å²) >= 11 is 1.85. The number of aliphatic hydroxyl groups excluding tert-OH is 1. The fourth-order valence-electron chi connectivity index (χ4n) is 2.40. The average Bonchev–Trinajstić information content (AvgIpc) is 2.60. The van der Waals surface area contributed by atoms with Gasteiger partial charge in [-0.3, -0.25) is 4.79 Å². The molecular formula is C16H25ClN2O4S. The molecule has 1 fully saturated rings. The number of nitrogens with one attached hydrogen (secondary N) is 2. The number of ether oxygens (including phenoxy) is 2. The predicted molar refractivity (Wildman–Crippen MR) is 98.5 cm³/mol. The molecule has 0 aromatic heterocycles. The largest absolute Gasteiger partial charge is 0.497 e. The maximum atomic E-state index is 12.0. The van der Waals surface area contributed by atoms with Crippen LogP contribution in [-0.4, -0.2) is 55.9 Å². The number of carbonyl (C=O) groups excluding carboxylic acids is 1. The van der Waals surface area contributed by atoms with Gasteiger partial charge in [-0.05, 0) is 17.7 Å². The van der Waals surface area contributed by atoms with Crippen molar-refractivity contribution in [1.29, 1.82) is 0 Å². The van der Waals surface area contributed by atoms with Crippen molar-refractivity contribution < 1.29 is 19.4 Å². The van der Waals surface area contributed by atoms with Gasteiger partial charge in [-0.25, -0.2) is 0 Å². The van der Waals surface area contributed by atoms with E-state index in [1.165, 1.54) is 0 Å². The Kier molecular flexibility index (Phi) is 9.28. The Bertz CT molecular complexity index is 505. The zero-order valence-electron chi connectivity index (χ0n) is 13.9. The smallest absolute Gasteiger partial charge is 0.221 e. The van der Waals surface area contributed by atoms with E-state index in [2.05, 4.69) is 10.6 Å². The summed E-state index contributed by atoms with van der Waals surface area (Å²) in [6.45, 7) is 1.10. The number of halogens is 1. The molecule has 0 spiro atoms. The molecule has 6 nitrogen and oxygen atoms in total. The Morgan fingerprint density at radius 2 is 2.04 bits per heavy atom. The minimum atomic E-state index is -0.809. The lowest BCUT2D eigenvalue weighted by molar-refractivity contribution is -0.121. The van der Waals surface area contributed by atoms with Crippen LogP contribution >= 0.6 is 24.2 Å². The van der Waals surface area contributed by atoms with Gasteiger partial charge in [0.2, 0.25) is 5.91 Å². The van der Waals surface area contributed by atoms with Gasteiger partial charge in [-0.1, -0.05) is 0 Å². The Balaban J connectivity index is 0.00000288. The number of benzene rings is 1. The number of amides is 1. The third-order valence-electron chi connectivity index (χ3n) is 3.68. The van der Waals surface area contributed by atoms with Gasteiger partial charge in [-0.15, -0.1) is 12.4 Å². The van der Waals surface area contributed by atoms with Gasteiger partial charge in [0, 0.05) is 43.1 Å². The monoisotopic (exact) mass is 376 g/mol. The lowest BCUT2D eigenvalue weighted by Crippen LogP contribution is -2.41. The molecule has 0 bridgehead atoms. The van der Waals surface area contributed by atoms with Crippen molar-refractivity contribution >= 4 is 30.1 Å². The second kappa shape index (κ2) is 10.7. The highest BCUT2D eigenvalue weighted by atomic mass is 35.5. The zero-order valence-corrected chi connectivity index (χ0v) is 15.5. The van der Waals surface area contributed by atoms with Crippen LogP contribution in [0.2, 0.25) is 0 Å². The molecule has 1 saturated heterocycles. The molecular weight excluding hydrogens is 352 g/mol. The van der Waals surface area contributed by atoms with E-state index in [0.29, 0.717) is 23.5 Å². The molecule has 0 saturated carbocycles. The first-order valence-electron chi connectivity index (χ1n) is 7.61. The minimum absolute atomic E-state index is 0. The van der Waals surface area contributed by atoms with Crippen LogP contribution in [0.1, 0.15) is 18.1 Å². The maximum Gasteiger partial charge on any atom is 0.221 e. The van der Waals surface area contributed by atoms with Gasteiger partial charge in [0.25, 0.3) is 0 Å². The second-order valence-electron chi connectivity index (χ2n) is 5.40. The third kappa shape index (κ3) is 6.39. The highest BCUT2D eigenvalue weighted by Gasteiger charge is 2.18. The fourth-order valence-corrected chi connectivity index (χ4v) is 3.35. The van der Waals surface area contributed by atoms with Crippen molar-refractivity contribution in [2.24, 2.45) is 0 Å². The van der Waals surface area contributed by atoms with Crippen LogP contribution in [0.15, 0.2) is 18.2 Å². The Morgan fingerprint density at radius 3 is 2.58 bits per heavy atom. The average molecular weight is 377 g/mol. The summed E-state index contributed by atoms with van der Waals surface area (Å²) in [4.78, 5) is 12.0. The van der Waals surface area contributed by atoms with E-state index in [4.69, 9.17) is 9.47 Å². The molecule has 2 unspecified atom stereocenters. The normalized spacial score (nSPS) is 18.2. The first-order valence-corrected chi connectivity index (χ1v) is 8.76. The molecule has 0 radical (unpaired) electrons. The summed E-state index contributed by atoms with van der Waals surface area (Å²) < 4.78 is 10.4. The Morgan fingerprint density at radius 1 is 1.38 bits per heavy atom. The highest BCUT2D eigenvalue weighted by molar-refractivity contribution is 7.99. The van der Waals surface area contributed by atoms with E-state index in [0.717, 1.165) is 18.1 Å². The number of carbonyl (C=O) groups is 1. The molecule has 8 heteroatoms. The van der Waals surface area contributed by atoms with E-state index < -0.39 is 6.10 Å². The van der Waals surface area contributed by atoms with Crippen molar-refractivity contribution in [2.45, 2.75) is 18.6 Å². The van der Waals surface area contributed by atoms with Crippen LogP contribution in [0.4, 0.5) is 0 Å². The summed E-state index contributed by atoms with van der Waals surface area (Å²) in [6, 6.07) is 5.42. The fraction of sp³-hybridized carbons (Fsp3) is 0.562. The second-order valence-corrected chi connectivity index (χ2v) is 6.55. The molecule has 24 heavy (non-hydrogen) atoms. The van der Waals surface area contributed by atoms with Crippen molar-refractivity contribution in [1.82, 2.24) is 10.6 Å². The molecule has 1 aliphatic heterocycles. The molecule has 136 valence electrons. The summed E-state index contributed by atoms with van der Waals surface area (Å²) in [5.41, 5.74) is 0.646. The molecule has 1 aromatic carbocycles. The molecule has 1 aliphatic rings. The van der Waals surface area contributed by atoms with Crippen LogP contribution in [0.25, 0.3) is 0 Å². The zero-order chi connectivity index (χ0) is 16.7. The number of aliphatic hydroxyl groups is 1. The Labute approximate surface area is 153 Å². The molecule has 1 amide bonds. The molecule has 3 N–H and O–H groups in total. The minimum Gasteiger partial charge on any atom is -0.497 e. The van der Waals surface area contributed by atoms with Crippen LogP contribution in [0.5, 0.6) is 11.5 Å². The van der Waals surface area contributed by atoms with E-state index >= 15 is 0 Å². The van der Waals surface area contributed by atoms with Gasteiger partial charge in [-0.2, -0.15) is 11.8 Å². The van der Waals surface area contributed by atoms with E-state index in [1.54, 1.807) is 32.4 Å². The van der Waals surface area contributed by atoms with Crippen molar-refractivity contribution in [3.63, 3.8) is 0 Å². The molecule has 2 rings (SSSR count). The molecule has 2 atom stereocenters. The van der Waals surface area contributed by atoms with Crippen molar-refractivity contribution in [2.75, 3.05) is 38.8 Å². The van der Waals surface area contributed by atoms with Crippen molar-refractivity contribution in [3.8, 4) is 11.5 Å². The standard InChI is InChI=1S/C16H24N2O4S.ClH/c1-21-13-5-11(6-14(8-13)22-2)15(19)9-18-16(20)7-12-10-23-4-3-17-12;/h5-6,8,12,15,17,19H,3-4,7,9-10H2,1-2H3,(H,18,20);1H. The maximum absolute atomic E-state index is 12.0. The van der Waals surface area contributed by atoms with Crippen LogP contribution < -0.4 is 20.1 Å².